The molecule has 1 N–H and O–H groups in total. The molecule has 0 saturated heterocycles. The highest BCUT2D eigenvalue weighted by Gasteiger charge is 2.42. The van der Waals surface area contributed by atoms with Gasteiger partial charge in [0.2, 0.25) is 5.91 Å². The van der Waals surface area contributed by atoms with E-state index in [2.05, 4.69) is 10.3 Å². The molecule has 0 aliphatic carbocycles. The van der Waals surface area contributed by atoms with E-state index in [9.17, 15) is 9.59 Å². The van der Waals surface area contributed by atoms with Gasteiger partial charge in [-0.05, 0) is 29.3 Å². The van der Waals surface area contributed by atoms with Gasteiger partial charge in [-0.1, -0.05) is 84.0 Å². The predicted octanol–water partition coefficient (Wildman–Crippen LogP) is 4.94. The molecule has 8 heteroatoms. The van der Waals surface area contributed by atoms with E-state index in [-0.39, 0.29) is 18.2 Å². The molecule has 1 unspecified atom stereocenters. The number of benzene rings is 3. The second-order valence-electron chi connectivity index (χ2n) is 7.92. The number of carbonyl (C=O) groups is 2. The van der Waals surface area contributed by atoms with Crippen LogP contribution >= 0.6 is 23.4 Å². The maximum atomic E-state index is 12.9. The standard InChI is InChI=1S/C26H21ClN4O2S/c27-20-12-6-4-10-18(20)16-34-26-29-21-13-7-5-11-19(21)24-30-25(33)22(31(24)26)14-23(32)28-15-17-8-2-1-3-9-17/h1-13,22H,14-16H2,(H,28,32). The van der Waals surface area contributed by atoms with E-state index in [1.54, 1.807) is 4.90 Å². The Bertz CT molecular complexity index is 1310. The van der Waals surface area contributed by atoms with Crippen molar-refractivity contribution in [2.24, 2.45) is 9.98 Å². The number of carbonyl (C=O) groups excluding carboxylic acids is 2. The lowest BCUT2D eigenvalue weighted by atomic mass is 10.1. The minimum Gasteiger partial charge on any atom is -0.352 e. The molecule has 0 radical (unpaired) electrons. The van der Waals surface area contributed by atoms with E-state index >= 15 is 0 Å². The first-order valence-electron chi connectivity index (χ1n) is 10.9. The second kappa shape index (κ2) is 9.83. The fourth-order valence-corrected chi connectivity index (χ4v) is 5.24. The quantitative estimate of drug-likeness (QED) is 0.533. The first-order valence-corrected chi connectivity index (χ1v) is 12.2. The average Bonchev–Trinajstić information content (AvgIpc) is 3.19. The van der Waals surface area contributed by atoms with Gasteiger partial charge in [0, 0.05) is 22.9 Å². The van der Waals surface area contributed by atoms with Crippen LogP contribution in [0.25, 0.3) is 0 Å². The molecule has 5 rings (SSSR count). The average molecular weight is 489 g/mol. The number of amides is 2. The molecule has 0 spiro atoms. The Morgan fingerprint density at radius 1 is 0.971 bits per heavy atom. The molecule has 3 aromatic rings. The van der Waals surface area contributed by atoms with Crippen molar-refractivity contribution in [3.63, 3.8) is 0 Å². The molecule has 3 aromatic carbocycles. The number of amidine groups is 2. The fraction of sp³-hybridized carbons (Fsp3) is 0.154. The summed E-state index contributed by atoms with van der Waals surface area (Å²) in [5.74, 6) is 0.560. The molecule has 1 atom stereocenters. The number of hydrogen-bond donors (Lipinski definition) is 1. The molecule has 34 heavy (non-hydrogen) atoms. The Kier molecular flexibility index (Phi) is 6.47. The summed E-state index contributed by atoms with van der Waals surface area (Å²) in [6.07, 6.45) is -0.00743. The summed E-state index contributed by atoms with van der Waals surface area (Å²) in [6, 6.07) is 24.1. The molecule has 2 aliphatic heterocycles. The van der Waals surface area contributed by atoms with Crippen molar-refractivity contribution in [1.29, 1.82) is 0 Å². The largest absolute Gasteiger partial charge is 0.352 e. The van der Waals surface area contributed by atoms with Crippen molar-refractivity contribution >= 4 is 51.9 Å². The minimum absolute atomic E-state index is 0.00743. The minimum atomic E-state index is -0.739. The van der Waals surface area contributed by atoms with Crippen molar-refractivity contribution in [1.82, 2.24) is 10.2 Å². The predicted molar refractivity (Wildman–Crippen MR) is 136 cm³/mol. The summed E-state index contributed by atoms with van der Waals surface area (Å²) in [5, 5.41) is 4.21. The molecule has 170 valence electrons. The van der Waals surface area contributed by atoms with Crippen molar-refractivity contribution in [2.45, 2.75) is 24.8 Å². The Labute approximate surface area is 206 Å². The van der Waals surface area contributed by atoms with Gasteiger partial charge in [-0.15, -0.1) is 0 Å². The monoisotopic (exact) mass is 488 g/mol. The van der Waals surface area contributed by atoms with E-state index in [1.165, 1.54) is 11.8 Å². The zero-order chi connectivity index (χ0) is 23.5. The van der Waals surface area contributed by atoms with E-state index < -0.39 is 6.04 Å². The molecule has 2 heterocycles. The van der Waals surface area contributed by atoms with Crippen LogP contribution in [-0.2, 0) is 21.9 Å². The zero-order valence-electron chi connectivity index (χ0n) is 18.1. The highest BCUT2D eigenvalue weighted by Crippen LogP contribution is 2.36. The van der Waals surface area contributed by atoms with Gasteiger partial charge in [-0.2, -0.15) is 4.99 Å². The van der Waals surface area contributed by atoms with E-state index in [4.69, 9.17) is 16.6 Å². The Hall–Kier alpha value is -3.42. The van der Waals surface area contributed by atoms with Gasteiger partial charge in [-0.3, -0.25) is 14.5 Å². The third-order valence-corrected chi connectivity index (χ3v) is 7.00. The van der Waals surface area contributed by atoms with Crippen LogP contribution in [0.1, 0.15) is 23.1 Å². The molecule has 6 nitrogen and oxygen atoms in total. The molecule has 0 saturated carbocycles. The Morgan fingerprint density at radius 3 is 2.53 bits per heavy atom. The van der Waals surface area contributed by atoms with Crippen LogP contribution in [0.3, 0.4) is 0 Å². The van der Waals surface area contributed by atoms with Crippen LogP contribution in [0.4, 0.5) is 5.69 Å². The smallest absolute Gasteiger partial charge is 0.271 e. The van der Waals surface area contributed by atoms with E-state index in [0.717, 1.165) is 22.4 Å². The number of halogens is 1. The summed E-state index contributed by atoms with van der Waals surface area (Å²) in [6.45, 7) is 0.402. The van der Waals surface area contributed by atoms with Crippen LogP contribution in [0.5, 0.6) is 0 Å². The SMILES string of the molecule is O=C(CC1C(=O)N=C2c3ccccc3N=C(SCc3ccccc3Cl)N21)NCc1ccccc1. The summed E-state index contributed by atoms with van der Waals surface area (Å²) >= 11 is 7.82. The summed E-state index contributed by atoms with van der Waals surface area (Å²) < 4.78 is 0. The number of fused-ring (bicyclic) bond motifs is 3. The van der Waals surface area contributed by atoms with Gasteiger partial charge >= 0.3 is 0 Å². The van der Waals surface area contributed by atoms with Crippen molar-refractivity contribution in [3.8, 4) is 0 Å². The first-order chi connectivity index (χ1) is 16.6. The van der Waals surface area contributed by atoms with E-state index in [1.807, 2.05) is 78.9 Å². The van der Waals surface area contributed by atoms with Gasteiger partial charge in [0.05, 0.1) is 12.1 Å². The number of para-hydroxylation sites is 1. The number of hydrogen-bond acceptors (Lipinski definition) is 5. The number of aliphatic imine (C=N–C) groups is 2. The van der Waals surface area contributed by atoms with Gasteiger partial charge in [-0.25, -0.2) is 4.99 Å². The van der Waals surface area contributed by atoms with Crippen LogP contribution in [0.15, 0.2) is 88.8 Å². The maximum absolute atomic E-state index is 12.9. The normalized spacial score (nSPS) is 16.4. The van der Waals surface area contributed by atoms with Crippen LogP contribution < -0.4 is 5.32 Å². The lowest BCUT2D eigenvalue weighted by Gasteiger charge is -2.31. The number of thioether (sulfide) groups is 1. The number of rotatable bonds is 6. The summed E-state index contributed by atoms with van der Waals surface area (Å²) in [4.78, 5) is 36.6. The van der Waals surface area contributed by atoms with Crippen LogP contribution in [0.2, 0.25) is 5.02 Å². The lowest BCUT2D eigenvalue weighted by Crippen LogP contribution is -2.45. The summed E-state index contributed by atoms with van der Waals surface area (Å²) in [5.41, 5.74) is 3.50. The maximum Gasteiger partial charge on any atom is 0.271 e. The van der Waals surface area contributed by atoms with Gasteiger partial charge < -0.3 is 5.32 Å². The van der Waals surface area contributed by atoms with Crippen LogP contribution in [0, 0.1) is 0 Å². The topological polar surface area (TPSA) is 74.1 Å². The zero-order valence-corrected chi connectivity index (χ0v) is 19.7. The third-order valence-electron chi connectivity index (χ3n) is 5.63. The highest BCUT2D eigenvalue weighted by atomic mass is 35.5. The van der Waals surface area contributed by atoms with Gasteiger partial charge in [0.25, 0.3) is 5.91 Å². The second-order valence-corrected chi connectivity index (χ2v) is 9.27. The molecule has 2 aliphatic rings. The third kappa shape index (κ3) is 4.62. The highest BCUT2D eigenvalue weighted by molar-refractivity contribution is 8.13. The van der Waals surface area contributed by atoms with Crippen molar-refractivity contribution < 1.29 is 9.59 Å². The summed E-state index contributed by atoms with van der Waals surface area (Å²) in [7, 11) is 0. The molecular weight excluding hydrogens is 468 g/mol. The molecule has 2 amide bonds. The molecule has 0 bridgehead atoms. The Balaban J connectivity index is 1.37. The fourth-order valence-electron chi connectivity index (χ4n) is 3.90. The lowest BCUT2D eigenvalue weighted by molar-refractivity contribution is -0.126. The number of nitrogens with zero attached hydrogens (tertiary/aromatic N) is 3. The molecule has 0 aromatic heterocycles. The Morgan fingerprint density at radius 2 is 1.71 bits per heavy atom. The van der Waals surface area contributed by atoms with Crippen molar-refractivity contribution in [3.05, 3.63) is 101 Å². The van der Waals surface area contributed by atoms with E-state index in [0.29, 0.717) is 28.3 Å². The van der Waals surface area contributed by atoms with Crippen molar-refractivity contribution in [2.75, 3.05) is 0 Å². The van der Waals surface area contributed by atoms with Gasteiger partial charge in [0.1, 0.15) is 11.9 Å². The first kappa shape index (κ1) is 22.4. The van der Waals surface area contributed by atoms with Crippen LogP contribution in [-0.4, -0.2) is 33.8 Å². The van der Waals surface area contributed by atoms with Gasteiger partial charge in [0.15, 0.2) is 5.17 Å². The number of nitrogens with one attached hydrogen (secondary N) is 1. The molecule has 0 fully saturated rings. The molecular formula is C26H21ClN4O2S.